The minimum absolute atomic E-state index is 0.0168. The molecule has 1 saturated carbocycles. The lowest BCUT2D eigenvalue weighted by Crippen LogP contribution is -2.40. The second-order valence-corrected chi connectivity index (χ2v) is 10.3. The first-order valence-electron chi connectivity index (χ1n) is 12.0. The third-order valence-electron chi connectivity index (χ3n) is 6.94. The van der Waals surface area contributed by atoms with Crippen molar-refractivity contribution in [3.05, 3.63) is 45.5 Å². The highest BCUT2D eigenvalue weighted by molar-refractivity contribution is 6.39. The molecular weight excluding hydrogens is 552 g/mol. The quantitative estimate of drug-likeness (QED) is 0.449. The predicted octanol–water partition coefficient (Wildman–Crippen LogP) is 4.78. The lowest BCUT2D eigenvalue weighted by molar-refractivity contribution is -0.147. The number of nitrogens with zero attached hydrogens (tertiary/aromatic N) is 4. The Labute approximate surface area is 225 Å². The van der Waals surface area contributed by atoms with E-state index in [1.807, 2.05) is 0 Å². The molecular formula is C24H25Cl2F3N4O5. The van der Waals surface area contributed by atoms with Crippen LogP contribution in [0, 0.1) is 11.8 Å². The standard InChI is InChI=1S/C24H25Cl2F3N4O5/c25-17-8-30-9-18(26)20(17)19(34)11-32(10-13-5-6-38-12-13)22(35)16-7-31-33(21(16)24(27,28)29)15-3-1-14(2-4-15)23(36)37/h7-9,13-15H,1-6,10-12H2,(H,36,37)/t13-,14?,15?/m1/s1. The second kappa shape index (κ2) is 11.6. The fraction of sp³-hybridized carbons (Fsp3) is 0.542. The Hall–Kier alpha value is -2.70. The van der Waals surface area contributed by atoms with E-state index in [4.69, 9.17) is 27.9 Å². The molecule has 0 aromatic carbocycles. The Bertz CT molecular complexity index is 1190. The van der Waals surface area contributed by atoms with E-state index in [-0.39, 0.29) is 53.8 Å². The zero-order valence-corrected chi connectivity index (χ0v) is 21.6. The van der Waals surface area contributed by atoms with Gasteiger partial charge in [0.2, 0.25) is 0 Å². The molecule has 1 N–H and O–H groups in total. The van der Waals surface area contributed by atoms with Gasteiger partial charge in [0.15, 0.2) is 11.5 Å². The van der Waals surface area contributed by atoms with Gasteiger partial charge in [0.05, 0.1) is 52.5 Å². The van der Waals surface area contributed by atoms with Gasteiger partial charge >= 0.3 is 12.1 Å². The minimum Gasteiger partial charge on any atom is -0.481 e. The molecule has 0 bridgehead atoms. The summed E-state index contributed by atoms with van der Waals surface area (Å²) < 4.78 is 49.1. The summed E-state index contributed by atoms with van der Waals surface area (Å²) in [5, 5.41) is 13.0. The van der Waals surface area contributed by atoms with Crippen LogP contribution in [0.3, 0.4) is 0 Å². The average Bonchev–Trinajstić information content (AvgIpc) is 3.53. The van der Waals surface area contributed by atoms with Crippen LogP contribution in [0.1, 0.15) is 64.6 Å². The van der Waals surface area contributed by atoms with Crippen molar-refractivity contribution in [2.75, 3.05) is 26.3 Å². The van der Waals surface area contributed by atoms with E-state index in [9.17, 15) is 32.7 Å². The minimum atomic E-state index is -4.92. The molecule has 1 atom stereocenters. The van der Waals surface area contributed by atoms with E-state index < -0.39 is 53.6 Å². The van der Waals surface area contributed by atoms with Crippen LogP contribution in [0.25, 0.3) is 0 Å². The number of ether oxygens (including phenoxy) is 1. The number of carboxylic acids is 1. The first kappa shape index (κ1) is 28.3. The summed E-state index contributed by atoms with van der Waals surface area (Å²) in [6.45, 7) is 0.155. The van der Waals surface area contributed by atoms with Gasteiger partial charge in [-0.15, -0.1) is 0 Å². The molecule has 9 nitrogen and oxygen atoms in total. The molecule has 3 heterocycles. The van der Waals surface area contributed by atoms with Crippen molar-refractivity contribution in [1.29, 1.82) is 0 Å². The molecule has 2 aromatic rings. The first-order chi connectivity index (χ1) is 18.0. The van der Waals surface area contributed by atoms with Crippen LogP contribution in [0.2, 0.25) is 10.0 Å². The fourth-order valence-electron chi connectivity index (χ4n) is 5.00. The van der Waals surface area contributed by atoms with Crippen molar-refractivity contribution < 1.29 is 37.4 Å². The monoisotopic (exact) mass is 576 g/mol. The number of rotatable bonds is 8. The molecule has 1 saturated heterocycles. The number of ketones is 1. The van der Waals surface area contributed by atoms with E-state index >= 15 is 0 Å². The van der Waals surface area contributed by atoms with Crippen LogP contribution in [0.4, 0.5) is 13.2 Å². The maximum absolute atomic E-state index is 14.3. The number of hydrogen-bond acceptors (Lipinski definition) is 6. The highest BCUT2D eigenvalue weighted by atomic mass is 35.5. The van der Waals surface area contributed by atoms with Crippen molar-refractivity contribution in [3.8, 4) is 0 Å². The normalized spacial score (nSPS) is 21.9. The summed E-state index contributed by atoms with van der Waals surface area (Å²) >= 11 is 12.2. The highest BCUT2D eigenvalue weighted by Gasteiger charge is 2.43. The average molecular weight is 577 g/mol. The molecule has 206 valence electrons. The third kappa shape index (κ3) is 6.13. The number of Topliss-reactive ketones (excluding diaryl/α,β-unsaturated/α-hetero) is 1. The fourth-order valence-corrected chi connectivity index (χ4v) is 5.58. The van der Waals surface area contributed by atoms with E-state index in [0.29, 0.717) is 19.6 Å². The molecule has 2 aromatic heterocycles. The molecule has 1 amide bonds. The molecule has 0 spiro atoms. The summed E-state index contributed by atoms with van der Waals surface area (Å²) in [4.78, 5) is 42.8. The van der Waals surface area contributed by atoms with Gasteiger partial charge in [0, 0.05) is 31.5 Å². The number of pyridine rings is 1. The number of carbonyl (C=O) groups excluding carboxylic acids is 2. The highest BCUT2D eigenvalue weighted by Crippen LogP contribution is 2.39. The smallest absolute Gasteiger partial charge is 0.433 e. The lowest BCUT2D eigenvalue weighted by Gasteiger charge is -2.29. The van der Waals surface area contributed by atoms with Crippen LogP contribution >= 0.6 is 23.2 Å². The maximum Gasteiger partial charge on any atom is 0.433 e. The van der Waals surface area contributed by atoms with Crippen LogP contribution < -0.4 is 0 Å². The van der Waals surface area contributed by atoms with Crippen molar-refractivity contribution in [2.45, 2.75) is 44.3 Å². The Balaban J connectivity index is 1.65. The zero-order valence-electron chi connectivity index (χ0n) is 20.1. The summed E-state index contributed by atoms with van der Waals surface area (Å²) in [6.07, 6.45) is -0.297. The number of alkyl halides is 3. The van der Waals surface area contributed by atoms with Gasteiger partial charge in [-0.05, 0) is 32.1 Å². The molecule has 2 fully saturated rings. The van der Waals surface area contributed by atoms with E-state index in [0.717, 1.165) is 15.8 Å². The summed E-state index contributed by atoms with van der Waals surface area (Å²) in [5.41, 5.74) is -1.98. The Morgan fingerprint density at radius 3 is 2.29 bits per heavy atom. The first-order valence-corrected chi connectivity index (χ1v) is 12.8. The van der Waals surface area contributed by atoms with Crippen LogP contribution in [-0.4, -0.2) is 68.7 Å². The number of halogens is 5. The zero-order chi connectivity index (χ0) is 27.6. The van der Waals surface area contributed by atoms with Gasteiger partial charge in [-0.2, -0.15) is 18.3 Å². The number of carboxylic acid groups (broad SMARTS) is 1. The number of carbonyl (C=O) groups is 3. The van der Waals surface area contributed by atoms with E-state index in [1.165, 1.54) is 12.4 Å². The Kier molecular flexibility index (Phi) is 8.63. The topological polar surface area (TPSA) is 115 Å². The van der Waals surface area contributed by atoms with Crippen molar-refractivity contribution in [1.82, 2.24) is 19.7 Å². The molecule has 14 heteroatoms. The second-order valence-electron chi connectivity index (χ2n) is 9.51. The maximum atomic E-state index is 14.3. The Morgan fingerprint density at radius 2 is 1.74 bits per heavy atom. The summed E-state index contributed by atoms with van der Waals surface area (Å²) in [5.74, 6) is -3.45. The molecule has 38 heavy (non-hydrogen) atoms. The van der Waals surface area contributed by atoms with E-state index in [1.54, 1.807) is 0 Å². The van der Waals surface area contributed by atoms with Crippen LogP contribution in [0.5, 0.6) is 0 Å². The molecule has 4 rings (SSSR count). The molecule has 1 aliphatic carbocycles. The number of hydrogen-bond donors (Lipinski definition) is 1. The van der Waals surface area contributed by atoms with Gasteiger partial charge in [0.1, 0.15) is 0 Å². The van der Waals surface area contributed by atoms with Gasteiger partial charge in [-0.1, -0.05) is 23.2 Å². The van der Waals surface area contributed by atoms with Crippen LogP contribution in [0.15, 0.2) is 18.6 Å². The van der Waals surface area contributed by atoms with Gasteiger partial charge in [-0.3, -0.25) is 24.0 Å². The SMILES string of the molecule is O=C(CN(C[C@H]1CCOC1)C(=O)c1cnn(C2CCC(C(=O)O)CC2)c1C(F)(F)F)c1c(Cl)cncc1Cl. The van der Waals surface area contributed by atoms with Crippen molar-refractivity contribution in [3.63, 3.8) is 0 Å². The molecule has 2 aliphatic rings. The predicted molar refractivity (Wildman–Crippen MR) is 129 cm³/mol. The van der Waals surface area contributed by atoms with Crippen molar-refractivity contribution >= 4 is 40.9 Å². The number of aliphatic carboxylic acids is 1. The number of amides is 1. The molecule has 0 radical (unpaired) electrons. The van der Waals surface area contributed by atoms with E-state index in [2.05, 4.69) is 10.1 Å². The summed E-state index contributed by atoms with van der Waals surface area (Å²) in [6, 6.07) is -0.712. The Morgan fingerprint density at radius 1 is 1.08 bits per heavy atom. The largest absolute Gasteiger partial charge is 0.481 e. The lowest BCUT2D eigenvalue weighted by atomic mass is 9.86. The molecule has 1 aliphatic heterocycles. The van der Waals surface area contributed by atoms with Gasteiger partial charge < -0.3 is 14.7 Å². The summed E-state index contributed by atoms with van der Waals surface area (Å²) in [7, 11) is 0. The van der Waals surface area contributed by atoms with Crippen molar-refractivity contribution in [2.24, 2.45) is 11.8 Å². The van der Waals surface area contributed by atoms with Gasteiger partial charge in [0.25, 0.3) is 5.91 Å². The van der Waals surface area contributed by atoms with Gasteiger partial charge in [-0.25, -0.2) is 0 Å². The number of aromatic nitrogens is 3. The molecule has 0 unspecified atom stereocenters. The van der Waals surface area contributed by atoms with Crippen LogP contribution in [-0.2, 0) is 15.7 Å². The third-order valence-corrected chi connectivity index (χ3v) is 7.52.